The van der Waals surface area contributed by atoms with Crippen molar-refractivity contribution < 1.29 is 4.42 Å². The van der Waals surface area contributed by atoms with Crippen molar-refractivity contribution in [1.29, 1.82) is 0 Å². The molecule has 0 aliphatic carbocycles. The lowest BCUT2D eigenvalue weighted by Crippen LogP contribution is -2.21. The zero-order valence-corrected chi connectivity index (χ0v) is 10.6. The van der Waals surface area contributed by atoms with Gasteiger partial charge in [0.1, 0.15) is 0 Å². The van der Waals surface area contributed by atoms with E-state index in [1.54, 1.807) is 23.9 Å². The second-order valence-electron chi connectivity index (χ2n) is 3.59. The second kappa shape index (κ2) is 5.53. The van der Waals surface area contributed by atoms with Crippen LogP contribution in [0.25, 0.3) is 0 Å². The van der Waals surface area contributed by atoms with E-state index in [1.165, 1.54) is 4.88 Å². The van der Waals surface area contributed by atoms with Gasteiger partial charge in [0.25, 0.3) is 0 Å². The highest BCUT2D eigenvalue weighted by Crippen LogP contribution is 2.31. The molecular weight excluding hydrogens is 242 g/mol. The smallest absolute Gasteiger partial charge is 0.0954 e. The first-order chi connectivity index (χ1) is 7.81. The van der Waals surface area contributed by atoms with E-state index in [-0.39, 0.29) is 6.04 Å². The molecule has 0 aliphatic heterocycles. The molecule has 0 spiro atoms. The Morgan fingerprint density at radius 3 is 2.88 bits per heavy atom. The molecule has 0 saturated heterocycles. The second-order valence-corrected chi connectivity index (χ2v) is 5.33. The molecule has 2 nitrogen and oxygen atoms in total. The van der Waals surface area contributed by atoms with Crippen LogP contribution in [0.1, 0.15) is 29.8 Å². The standard InChI is InChI=1S/C12H14ClNOS/c1-2-6-14-12(9-5-7-15-8-9)10-3-4-11(13)16-10/h3-5,7-8,12,14H,2,6H2,1H3. The maximum absolute atomic E-state index is 5.97. The van der Waals surface area contributed by atoms with Crippen LogP contribution >= 0.6 is 22.9 Å². The highest BCUT2D eigenvalue weighted by atomic mass is 35.5. The van der Waals surface area contributed by atoms with Gasteiger partial charge >= 0.3 is 0 Å². The number of thiophene rings is 1. The molecule has 2 heterocycles. The van der Waals surface area contributed by atoms with Gasteiger partial charge in [0, 0.05) is 10.4 Å². The van der Waals surface area contributed by atoms with Gasteiger partial charge in [0.05, 0.1) is 22.9 Å². The van der Waals surface area contributed by atoms with Crippen LogP contribution in [0.2, 0.25) is 4.34 Å². The normalized spacial score (nSPS) is 12.9. The van der Waals surface area contributed by atoms with E-state index in [9.17, 15) is 0 Å². The molecule has 0 fully saturated rings. The summed E-state index contributed by atoms with van der Waals surface area (Å²) >= 11 is 7.57. The molecule has 0 aromatic carbocycles. The minimum absolute atomic E-state index is 0.191. The Hall–Kier alpha value is -0.770. The minimum atomic E-state index is 0.191. The number of rotatable bonds is 5. The third kappa shape index (κ3) is 2.67. The van der Waals surface area contributed by atoms with Gasteiger partial charge in [-0.3, -0.25) is 0 Å². The molecule has 0 aliphatic rings. The third-order valence-electron chi connectivity index (χ3n) is 2.35. The average molecular weight is 256 g/mol. The van der Waals surface area contributed by atoms with E-state index in [0.29, 0.717) is 0 Å². The van der Waals surface area contributed by atoms with Crippen LogP contribution in [0.3, 0.4) is 0 Å². The molecule has 16 heavy (non-hydrogen) atoms. The molecule has 2 rings (SSSR count). The molecule has 0 amide bonds. The molecule has 0 radical (unpaired) electrons. The van der Waals surface area contributed by atoms with Gasteiger partial charge in [0.15, 0.2) is 0 Å². The predicted molar refractivity (Wildman–Crippen MR) is 68.2 cm³/mol. The summed E-state index contributed by atoms with van der Waals surface area (Å²) in [7, 11) is 0. The monoisotopic (exact) mass is 255 g/mol. The first-order valence-corrected chi connectivity index (χ1v) is 6.51. The van der Waals surface area contributed by atoms with Crippen molar-refractivity contribution in [3.63, 3.8) is 0 Å². The molecule has 1 N–H and O–H groups in total. The van der Waals surface area contributed by atoms with Gasteiger partial charge in [-0.1, -0.05) is 18.5 Å². The molecule has 4 heteroatoms. The summed E-state index contributed by atoms with van der Waals surface area (Å²) in [5.74, 6) is 0. The summed E-state index contributed by atoms with van der Waals surface area (Å²) < 4.78 is 5.96. The topological polar surface area (TPSA) is 25.2 Å². The maximum atomic E-state index is 5.97. The van der Waals surface area contributed by atoms with Gasteiger partial charge < -0.3 is 9.73 Å². The van der Waals surface area contributed by atoms with Gasteiger partial charge in [-0.25, -0.2) is 0 Å². The van der Waals surface area contributed by atoms with Crippen LogP contribution in [0, 0.1) is 0 Å². The molecule has 1 unspecified atom stereocenters. The zero-order valence-electron chi connectivity index (χ0n) is 9.07. The highest BCUT2D eigenvalue weighted by Gasteiger charge is 2.16. The van der Waals surface area contributed by atoms with Crippen molar-refractivity contribution in [2.24, 2.45) is 0 Å². The van der Waals surface area contributed by atoms with Crippen molar-refractivity contribution in [3.05, 3.63) is 45.5 Å². The summed E-state index contributed by atoms with van der Waals surface area (Å²) in [6.45, 7) is 3.13. The van der Waals surface area contributed by atoms with E-state index in [4.69, 9.17) is 16.0 Å². The fourth-order valence-corrected chi connectivity index (χ4v) is 2.76. The van der Waals surface area contributed by atoms with Gasteiger partial charge in [-0.05, 0) is 31.2 Å². The molecule has 2 aromatic heterocycles. The van der Waals surface area contributed by atoms with E-state index in [1.807, 2.05) is 12.1 Å². The highest BCUT2D eigenvalue weighted by molar-refractivity contribution is 7.16. The minimum Gasteiger partial charge on any atom is -0.472 e. The Bertz CT molecular complexity index is 424. The Labute approximate surface area is 104 Å². The lowest BCUT2D eigenvalue weighted by Gasteiger charge is -2.15. The Morgan fingerprint density at radius 1 is 1.44 bits per heavy atom. The van der Waals surface area contributed by atoms with Gasteiger partial charge in [-0.15, -0.1) is 11.3 Å². The molecular formula is C12H14ClNOS. The fraction of sp³-hybridized carbons (Fsp3) is 0.333. The molecule has 0 bridgehead atoms. The van der Waals surface area contributed by atoms with Crippen molar-refractivity contribution >= 4 is 22.9 Å². The number of halogens is 1. The van der Waals surface area contributed by atoms with Crippen LogP contribution in [-0.2, 0) is 0 Å². The van der Waals surface area contributed by atoms with Crippen molar-refractivity contribution in [2.45, 2.75) is 19.4 Å². The first-order valence-electron chi connectivity index (χ1n) is 5.32. The summed E-state index contributed by atoms with van der Waals surface area (Å²) in [4.78, 5) is 1.22. The van der Waals surface area contributed by atoms with Crippen LogP contribution in [0.4, 0.5) is 0 Å². The van der Waals surface area contributed by atoms with Crippen LogP contribution in [0.5, 0.6) is 0 Å². The maximum Gasteiger partial charge on any atom is 0.0954 e. The average Bonchev–Trinajstić information content (AvgIpc) is 2.91. The van der Waals surface area contributed by atoms with Crippen molar-refractivity contribution in [1.82, 2.24) is 5.32 Å². The number of hydrogen-bond acceptors (Lipinski definition) is 3. The lowest BCUT2D eigenvalue weighted by atomic mass is 10.1. The summed E-state index contributed by atoms with van der Waals surface area (Å²) in [5.41, 5.74) is 1.15. The van der Waals surface area contributed by atoms with E-state index < -0.39 is 0 Å². The molecule has 0 saturated carbocycles. The first kappa shape index (κ1) is 11.7. The summed E-state index contributed by atoms with van der Waals surface area (Å²) in [6.07, 6.45) is 4.58. The predicted octanol–water partition coefficient (Wildman–Crippen LogP) is 4.08. The Kier molecular flexibility index (Phi) is 4.04. The SMILES string of the molecule is CCCNC(c1ccoc1)c1ccc(Cl)s1. The Morgan fingerprint density at radius 2 is 2.31 bits per heavy atom. The van der Waals surface area contributed by atoms with Crippen LogP contribution in [-0.4, -0.2) is 6.54 Å². The summed E-state index contributed by atoms with van der Waals surface area (Å²) in [5, 5.41) is 3.49. The van der Waals surface area contributed by atoms with Crippen molar-refractivity contribution in [3.8, 4) is 0 Å². The largest absolute Gasteiger partial charge is 0.472 e. The molecule has 86 valence electrons. The van der Waals surface area contributed by atoms with Crippen LogP contribution in [0.15, 0.2) is 35.1 Å². The van der Waals surface area contributed by atoms with Gasteiger partial charge in [-0.2, -0.15) is 0 Å². The third-order valence-corrected chi connectivity index (χ3v) is 3.65. The van der Waals surface area contributed by atoms with E-state index in [2.05, 4.69) is 18.3 Å². The molecule has 1 atom stereocenters. The van der Waals surface area contributed by atoms with E-state index in [0.717, 1.165) is 22.9 Å². The lowest BCUT2D eigenvalue weighted by molar-refractivity contribution is 0.550. The Balaban J connectivity index is 2.21. The zero-order chi connectivity index (χ0) is 11.4. The number of hydrogen-bond donors (Lipinski definition) is 1. The van der Waals surface area contributed by atoms with Crippen LogP contribution < -0.4 is 5.32 Å². The quantitative estimate of drug-likeness (QED) is 0.871. The number of nitrogens with one attached hydrogen (secondary N) is 1. The fourth-order valence-electron chi connectivity index (χ4n) is 1.59. The summed E-state index contributed by atoms with van der Waals surface area (Å²) in [6, 6.07) is 6.17. The number of furan rings is 1. The molecule has 2 aromatic rings. The van der Waals surface area contributed by atoms with Gasteiger partial charge in [0.2, 0.25) is 0 Å². The van der Waals surface area contributed by atoms with Crippen molar-refractivity contribution in [2.75, 3.05) is 6.54 Å². The van der Waals surface area contributed by atoms with E-state index >= 15 is 0 Å².